The molecule has 0 spiro atoms. The Bertz CT molecular complexity index is 319. The van der Waals surface area contributed by atoms with Gasteiger partial charge < -0.3 is 10.2 Å². The van der Waals surface area contributed by atoms with Crippen LogP contribution in [0.3, 0.4) is 0 Å². The van der Waals surface area contributed by atoms with E-state index in [0.29, 0.717) is 19.4 Å². The average molecular weight is 240 g/mol. The number of nitrogens with zero attached hydrogens (tertiary/aromatic N) is 1. The summed E-state index contributed by atoms with van der Waals surface area (Å²) < 4.78 is 0. The average Bonchev–Trinajstić information content (AvgIpc) is 2.30. The van der Waals surface area contributed by atoms with E-state index in [4.69, 9.17) is 0 Å². The molecule has 1 fully saturated rings. The zero-order chi connectivity index (χ0) is 13.3. The maximum absolute atomic E-state index is 12.6. The van der Waals surface area contributed by atoms with E-state index in [2.05, 4.69) is 5.32 Å². The van der Waals surface area contributed by atoms with E-state index in [0.717, 1.165) is 6.42 Å². The maximum Gasteiger partial charge on any atom is 0.249 e. The third kappa shape index (κ3) is 2.05. The molecule has 0 saturated carbocycles. The molecule has 1 N–H and O–H groups in total. The highest BCUT2D eigenvalue weighted by atomic mass is 16.2. The lowest BCUT2D eigenvalue weighted by molar-refractivity contribution is -0.161. The van der Waals surface area contributed by atoms with Gasteiger partial charge in [-0.15, -0.1) is 0 Å². The molecule has 1 aliphatic rings. The van der Waals surface area contributed by atoms with Gasteiger partial charge in [-0.1, -0.05) is 20.8 Å². The third-order valence-corrected chi connectivity index (χ3v) is 3.89. The van der Waals surface area contributed by atoms with Crippen LogP contribution >= 0.6 is 0 Å². The molecule has 0 aromatic carbocycles. The highest BCUT2D eigenvalue weighted by molar-refractivity contribution is 6.01. The zero-order valence-electron chi connectivity index (χ0n) is 11.6. The standard InChI is InChI=1S/C13H24N2O2/c1-6-9-15-11(17)13(7-2,8-3)14-10(16)12(15,4)5/h6-9H2,1-5H3,(H,14,16). The Morgan fingerprint density at radius 2 is 1.65 bits per heavy atom. The van der Waals surface area contributed by atoms with Crippen molar-refractivity contribution in [3.63, 3.8) is 0 Å². The Balaban J connectivity index is 3.15. The van der Waals surface area contributed by atoms with E-state index >= 15 is 0 Å². The molecule has 98 valence electrons. The van der Waals surface area contributed by atoms with Crippen LogP contribution in [0.1, 0.15) is 53.9 Å². The van der Waals surface area contributed by atoms with Crippen LogP contribution in [-0.2, 0) is 9.59 Å². The van der Waals surface area contributed by atoms with Crippen molar-refractivity contribution < 1.29 is 9.59 Å². The molecule has 2 amide bonds. The summed E-state index contributed by atoms with van der Waals surface area (Å²) >= 11 is 0. The molecule has 1 rings (SSSR count). The lowest BCUT2D eigenvalue weighted by Crippen LogP contribution is -2.73. The number of nitrogens with one attached hydrogen (secondary N) is 1. The monoisotopic (exact) mass is 240 g/mol. The molecule has 1 aliphatic heterocycles. The number of hydrogen-bond acceptors (Lipinski definition) is 2. The first-order valence-corrected chi connectivity index (χ1v) is 6.50. The minimum Gasteiger partial charge on any atom is -0.340 e. The van der Waals surface area contributed by atoms with Crippen LogP contribution in [0, 0.1) is 0 Å². The first kappa shape index (κ1) is 14.0. The molecule has 1 heterocycles. The predicted molar refractivity (Wildman–Crippen MR) is 67.5 cm³/mol. The number of amides is 2. The lowest BCUT2D eigenvalue weighted by Gasteiger charge is -2.49. The first-order valence-electron chi connectivity index (χ1n) is 6.50. The number of carbonyl (C=O) groups is 2. The second-order valence-corrected chi connectivity index (χ2v) is 5.26. The Hall–Kier alpha value is -1.06. The minimum absolute atomic E-state index is 0.0470. The second-order valence-electron chi connectivity index (χ2n) is 5.26. The summed E-state index contributed by atoms with van der Waals surface area (Å²) in [4.78, 5) is 26.5. The third-order valence-electron chi connectivity index (χ3n) is 3.89. The van der Waals surface area contributed by atoms with E-state index in [1.807, 2.05) is 34.6 Å². The summed E-state index contributed by atoms with van der Waals surface area (Å²) in [7, 11) is 0. The molecule has 0 atom stereocenters. The molecule has 4 heteroatoms. The number of hydrogen-bond donors (Lipinski definition) is 1. The molecule has 0 unspecified atom stereocenters. The van der Waals surface area contributed by atoms with Crippen molar-refractivity contribution in [2.45, 2.75) is 65.0 Å². The van der Waals surface area contributed by atoms with Crippen LogP contribution < -0.4 is 5.32 Å². The van der Waals surface area contributed by atoms with Gasteiger partial charge in [0.2, 0.25) is 11.8 Å². The summed E-state index contributed by atoms with van der Waals surface area (Å²) in [5.41, 5.74) is -1.43. The normalized spacial score (nSPS) is 22.5. The van der Waals surface area contributed by atoms with E-state index in [1.54, 1.807) is 4.90 Å². The van der Waals surface area contributed by atoms with E-state index in [1.165, 1.54) is 0 Å². The van der Waals surface area contributed by atoms with Gasteiger partial charge >= 0.3 is 0 Å². The molecule has 4 nitrogen and oxygen atoms in total. The van der Waals surface area contributed by atoms with Crippen LogP contribution in [0.2, 0.25) is 0 Å². The smallest absolute Gasteiger partial charge is 0.249 e. The van der Waals surface area contributed by atoms with Gasteiger partial charge in [0.1, 0.15) is 11.1 Å². The Kier molecular flexibility index (Phi) is 3.84. The van der Waals surface area contributed by atoms with Crippen LogP contribution in [0.25, 0.3) is 0 Å². The fourth-order valence-electron chi connectivity index (χ4n) is 2.39. The summed E-state index contributed by atoms with van der Waals surface area (Å²) in [6, 6.07) is 0. The Morgan fingerprint density at radius 3 is 2.06 bits per heavy atom. The topological polar surface area (TPSA) is 49.4 Å². The van der Waals surface area contributed by atoms with Crippen molar-refractivity contribution in [2.24, 2.45) is 0 Å². The van der Waals surface area contributed by atoms with Gasteiger partial charge in [0.25, 0.3) is 0 Å². The molecule has 0 bridgehead atoms. The highest BCUT2D eigenvalue weighted by Gasteiger charge is 2.52. The molecule has 17 heavy (non-hydrogen) atoms. The molecule has 0 aromatic rings. The van der Waals surface area contributed by atoms with Crippen molar-refractivity contribution in [1.29, 1.82) is 0 Å². The van der Waals surface area contributed by atoms with Gasteiger partial charge in [-0.3, -0.25) is 9.59 Å². The van der Waals surface area contributed by atoms with Gasteiger partial charge in [0.15, 0.2) is 0 Å². The van der Waals surface area contributed by atoms with E-state index < -0.39 is 11.1 Å². The minimum atomic E-state index is -0.735. The maximum atomic E-state index is 12.6. The second kappa shape index (κ2) is 4.67. The number of carbonyl (C=O) groups excluding carboxylic acids is 2. The van der Waals surface area contributed by atoms with Crippen molar-refractivity contribution in [2.75, 3.05) is 6.54 Å². The molecule has 0 radical (unpaired) electrons. The van der Waals surface area contributed by atoms with Gasteiger partial charge in [0, 0.05) is 6.54 Å². The highest BCUT2D eigenvalue weighted by Crippen LogP contribution is 2.30. The summed E-state index contributed by atoms with van der Waals surface area (Å²) in [6.07, 6.45) is 2.15. The van der Waals surface area contributed by atoms with Crippen molar-refractivity contribution in [3.05, 3.63) is 0 Å². The van der Waals surface area contributed by atoms with Gasteiger partial charge in [0.05, 0.1) is 0 Å². The van der Waals surface area contributed by atoms with E-state index in [9.17, 15) is 9.59 Å². The van der Waals surface area contributed by atoms with Crippen molar-refractivity contribution >= 4 is 11.8 Å². The Morgan fingerprint density at radius 1 is 1.12 bits per heavy atom. The quantitative estimate of drug-likeness (QED) is 0.813. The van der Waals surface area contributed by atoms with Crippen molar-refractivity contribution in [3.8, 4) is 0 Å². The van der Waals surface area contributed by atoms with Gasteiger partial charge in [-0.2, -0.15) is 0 Å². The van der Waals surface area contributed by atoms with Gasteiger partial charge in [-0.05, 0) is 33.1 Å². The SMILES string of the molecule is CCCN1C(=O)C(CC)(CC)NC(=O)C1(C)C. The van der Waals surface area contributed by atoms with Crippen molar-refractivity contribution in [1.82, 2.24) is 10.2 Å². The molecule has 0 aliphatic carbocycles. The predicted octanol–water partition coefficient (Wildman–Crippen LogP) is 1.69. The molecule has 1 saturated heterocycles. The van der Waals surface area contributed by atoms with E-state index in [-0.39, 0.29) is 11.8 Å². The first-order chi connectivity index (χ1) is 7.85. The molecule has 0 aromatic heterocycles. The largest absolute Gasteiger partial charge is 0.340 e. The molecular weight excluding hydrogens is 216 g/mol. The lowest BCUT2D eigenvalue weighted by atomic mass is 9.83. The fourth-order valence-corrected chi connectivity index (χ4v) is 2.39. The van der Waals surface area contributed by atoms with Crippen LogP contribution in [-0.4, -0.2) is 34.3 Å². The number of rotatable bonds is 4. The van der Waals surface area contributed by atoms with Crippen LogP contribution in [0.5, 0.6) is 0 Å². The zero-order valence-corrected chi connectivity index (χ0v) is 11.6. The van der Waals surface area contributed by atoms with Gasteiger partial charge in [-0.25, -0.2) is 0 Å². The van der Waals surface area contributed by atoms with Crippen LogP contribution in [0.4, 0.5) is 0 Å². The molecular formula is C13H24N2O2. The summed E-state index contributed by atoms with van der Waals surface area (Å²) in [5.74, 6) is 0.0169. The Labute approximate surface area is 104 Å². The number of piperazine rings is 1. The fraction of sp³-hybridized carbons (Fsp3) is 0.846. The van der Waals surface area contributed by atoms with Crippen LogP contribution in [0.15, 0.2) is 0 Å². The summed E-state index contributed by atoms with van der Waals surface area (Å²) in [6.45, 7) is 10.2. The summed E-state index contributed by atoms with van der Waals surface area (Å²) in [5, 5.41) is 2.93.